The molecule has 0 aliphatic carbocycles. The monoisotopic (exact) mass is 594 g/mol. The molecule has 16 heteroatoms. The molecule has 40 heavy (non-hydrogen) atoms. The first-order valence-electron chi connectivity index (χ1n) is 12.7. The van der Waals surface area contributed by atoms with E-state index in [1.807, 2.05) is 0 Å². The summed E-state index contributed by atoms with van der Waals surface area (Å²) in [5.41, 5.74) is -0.922. The second-order valence-electron chi connectivity index (χ2n) is 10.5. The number of carboxylic acids is 1. The molecule has 10 nitrogen and oxygen atoms in total. The fourth-order valence-corrected chi connectivity index (χ4v) is 5.72. The van der Waals surface area contributed by atoms with E-state index in [-0.39, 0.29) is 50.5 Å². The van der Waals surface area contributed by atoms with Gasteiger partial charge in [0.05, 0.1) is 30.7 Å². The van der Waals surface area contributed by atoms with E-state index in [1.165, 1.54) is 30.1 Å². The summed E-state index contributed by atoms with van der Waals surface area (Å²) in [6.45, 7) is 1.38. The lowest BCUT2D eigenvalue weighted by atomic mass is 9.89. The number of halogens is 5. The molecular formula is C24H31F5N6O4S. The maximum atomic E-state index is 15.5. The molecule has 0 aromatic carbocycles. The van der Waals surface area contributed by atoms with Crippen LogP contribution in [0.25, 0.3) is 0 Å². The van der Waals surface area contributed by atoms with Gasteiger partial charge >= 0.3 is 18.1 Å². The summed E-state index contributed by atoms with van der Waals surface area (Å²) in [5, 5.41) is 16.5. The molecule has 2 atom stereocenters. The van der Waals surface area contributed by atoms with Crippen LogP contribution in [0.5, 0.6) is 0 Å². The van der Waals surface area contributed by atoms with Crippen LogP contribution in [-0.2, 0) is 14.3 Å². The van der Waals surface area contributed by atoms with E-state index in [4.69, 9.17) is 4.74 Å². The summed E-state index contributed by atoms with van der Waals surface area (Å²) in [6.07, 6.45) is -3.24. The molecule has 2 fully saturated rings. The average molecular weight is 595 g/mol. The number of aliphatic carboxylic acids is 1. The highest BCUT2D eigenvalue weighted by atomic mass is 32.1. The Bertz CT molecular complexity index is 1170. The summed E-state index contributed by atoms with van der Waals surface area (Å²) >= 11 is 1.29. The third-order valence-corrected chi connectivity index (χ3v) is 8.00. The number of carboxylic acid groups (broad SMARTS) is 1. The van der Waals surface area contributed by atoms with Crippen LogP contribution < -0.4 is 5.32 Å². The van der Waals surface area contributed by atoms with Crippen LogP contribution in [0.2, 0.25) is 0 Å². The number of ether oxygens (including phenoxy) is 1. The van der Waals surface area contributed by atoms with Crippen molar-refractivity contribution >= 4 is 29.1 Å². The van der Waals surface area contributed by atoms with Gasteiger partial charge in [0.1, 0.15) is 12.6 Å². The van der Waals surface area contributed by atoms with Crippen molar-refractivity contribution in [1.82, 2.24) is 25.2 Å². The molecule has 0 saturated carbocycles. The van der Waals surface area contributed by atoms with E-state index in [9.17, 15) is 27.9 Å². The predicted octanol–water partition coefficient (Wildman–Crippen LogP) is 2.59. The standard InChI is InChI=1S/C24H31F5N6O4S/c1-4-39-20(36)14-9-31-18(19-30-6-8-40-19)32-15(14)10-33-12-23(25,26)17-16(33)11-34(13-24(27,28)29)35(17)7-5-22(2,3)21(37)38/h6,8,16-17H,4-5,7,9-13H2,1-3H3,(H,31,32)(H,37,38). The van der Waals surface area contributed by atoms with Crippen molar-refractivity contribution in [3.8, 4) is 0 Å². The van der Waals surface area contributed by atoms with Crippen molar-refractivity contribution in [2.24, 2.45) is 10.4 Å². The van der Waals surface area contributed by atoms with Crippen molar-refractivity contribution in [3.05, 3.63) is 27.9 Å². The number of likely N-dealkylation sites (tertiary alicyclic amines) is 1. The highest BCUT2D eigenvalue weighted by Crippen LogP contribution is 2.43. The lowest BCUT2D eigenvalue weighted by molar-refractivity contribution is -0.189. The normalized spacial score (nSPS) is 24.1. The molecule has 222 valence electrons. The van der Waals surface area contributed by atoms with Gasteiger partial charge in [-0.25, -0.2) is 28.6 Å². The fraction of sp³-hybridized carbons (Fsp3) is 0.667. The largest absolute Gasteiger partial charge is 0.481 e. The molecule has 0 bridgehead atoms. The lowest BCUT2D eigenvalue weighted by Crippen LogP contribution is -2.52. The second kappa shape index (κ2) is 11.3. The Morgan fingerprint density at radius 3 is 2.62 bits per heavy atom. The molecule has 0 spiro atoms. The number of thiazole rings is 1. The molecule has 0 amide bonds. The molecule has 3 aliphatic heterocycles. The van der Waals surface area contributed by atoms with Gasteiger partial charge in [0.25, 0.3) is 5.92 Å². The number of hydrogen-bond donors (Lipinski definition) is 2. The number of carbonyl (C=O) groups is 2. The van der Waals surface area contributed by atoms with Gasteiger partial charge < -0.3 is 15.2 Å². The van der Waals surface area contributed by atoms with Gasteiger partial charge in [-0.2, -0.15) is 13.2 Å². The van der Waals surface area contributed by atoms with Crippen LogP contribution in [0.1, 0.15) is 32.2 Å². The molecule has 2 saturated heterocycles. The number of rotatable bonds is 10. The molecule has 4 rings (SSSR count). The van der Waals surface area contributed by atoms with E-state index in [0.29, 0.717) is 10.8 Å². The SMILES string of the molecule is CCOC(=O)C1=C(CN2CC(F)(F)C3C2CN(CC(F)(F)F)N3CCC(C)(C)C(=O)O)NC(c2nccs2)=NC1. The maximum absolute atomic E-state index is 15.5. The Morgan fingerprint density at radius 1 is 1.30 bits per heavy atom. The van der Waals surface area contributed by atoms with Crippen LogP contribution in [-0.4, -0.2) is 113 Å². The highest BCUT2D eigenvalue weighted by molar-refractivity contribution is 7.11. The summed E-state index contributed by atoms with van der Waals surface area (Å²) in [6, 6.07) is -2.63. The van der Waals surface area contributed by atoms with Gasteiger partial charge in [0, 0.05) is 43.0 Å². The third kappa shape index (κ3) is 6.44. The van der Waals surface area contributed by atoms with E-state index in [1.54, 1.807) is 18.5 Å². The van der Waals surface area contributed by atoms with Crippen LogP contribution in [0.15, 0.2) is 27.8 Å². The number of nitrogens with one attached hydrogen (secondary N) is 1. The molecule has 3 aliphatic rings. The van der Waals surface area contributed by atoms with Gasteiger partial charge in [0.2, 0.25) is 0 Å². The minimum Gasteiger partial charge on any atom is -0.481 e. The van der Waals surface area contributed by atoms with E-state index in [0.717, 1.165) is 10.0 Å². The quantitative estimate of drug-likeness (QED) is 0.312. The second-order valence-corrected chi connectivity index (χ2v) is 11.4. The lowest BCUT2D eigenvalue weighted by Gasteiger charge is -2.36. The summed E-state index contributed by atoms with van der Waals surface area (Å²) in [4.78, 5) is 34.1. The van der Waals surface area contributed by atoms with E-state index in [2.05, 4.69) is 15.3 Å². The number of hydrazine groups is 1. The minimum atomic E-state index is -4.66. The van der Waals surface area contributed by atoms with Crippen molar-refractivity contribution in [2.45, 2.75) is 51.4 Å². The zero-order valence-corrected chi connectivity index (χ0v) is 23.0. The number of hydrogen-bond acceptors (Lipinski definition) is 10. The number of carbonyl (C=O) groups excluding carboxylic acids is 1. The third-order valence-electron chi connectivity index (χ3n) is 7.22. The zero-order chi connectivity index (χ0) is 29.5. The van der Waals surface area contributed by atoms with Gasteiger partial charge in [-0.1, -0.05) is 0 Å². The smallest absolute Gasteiger partial charge is 0.402 e. The molecule has 2 unspecified atom stereocenters. The molecular weight excluding hydrogens is 563 g/mol. The first-order valence-corrected chi connectivity index (χ1v) is 13.5. The van der Waals surface area contributed by atoms with Crippen LogP contribution >= 0.6 is 11.3 Å². The average Bonchev–Trinajstić information content (AvgIpc) is 3.55. The number of fused-ring (bicyclic) bond motifs is 1. The van der Waals surface area contributed by atoms with Crippen molar-refractivity contribution in [2.75, 3.05) is 45.9 Å². The molecule has 4 heterocycles. The van der Waals surface area contributed by atoms with Crippen molar-refractivity contribution in [3.63, 3.8) is 0 Å². The number of aromatic nitrogens is 1. The Hall–Kier alpha value is -2.69. The van der Waals surface area contributed by atoms with Crippen molar-refractivity contribution in [1.29, 1.82) is 0 Å². The minimum absolute atomic E-state index is 0.0784. The number of alkyl halides is 5. The van der Waals surface area contributed by atoms with Crippen molar-refractivity contribution < 1.29 is 41.4 Å². The summed E-state index contributed by atoms with van der Waals surface area (Å²) in [5.74, 6) is -4.91. The van der Waals surface area contributed by atoms with Crippen LogP contribution in [0.3, 0.4) is 0 Å². The summed E-state index contributed by atoms with van der Waals surface area (Å²) in [7, 11) is 0. The van der Waals surface area contributed by atoms with E-state index < -0.39 is 54.6 Å². The first kappa shape index (κ1) is 30.3. The first-order chi connectivity index (χ1) is 18.6. The number of amidine groups is 1. The number of esters is 1. The van der Waals surface area contributed by atoms with Gasteiger partial charge in [0.15, 0.2) is 10.8 Å². The maximum Gasteiger partial charge on any atom is 0.402 e. The van der Waals surface area contributed by atoms with E-state index >= 15 is 8.78 Å². The highest BCUT2D eigenvalue weighted by Gasteiger charge is 2.62. The number of nitrogens with zero attached hydrogens (tertiary/aromatic N) is 5. The summed E-state index contributed by atoms with van der Waals surface area (Å²) < 4.78 is 76.6. The Labute approximate surface area is 231 Å². The zero-order valence-electron chi connectivity index (χ0n) is 22.2. The predicted molar refractivity (Wildman–Crippen MR) is 135 cm³/mol. The molecule has 2 N–H and O–H groups in total. The van der Waals surface area contributed by atoms with Gasteiger partial charge in [-0.15, -0.1) is 11.3 Å². The molecule has 1 aromatic rings. The molecule has 1 aromatic heterocycles. The molecule has 0 radical (unpaired) electrons. The van der Waals surface area contributed by atoms with Gasteiger partial charge in [-0.3, -0.25) is 14.7 Å². The Morgan fingerprint density at radius 2 is 2.02 bits per heavy atom. The van der Waals surface area contributed by atoms with Crippen LogP contribution in [0, 0.1) is 5.41 Å². The van der Waals surface area contributed by atoms with Gasteiger partial charge in [-0.05, 0) is 27.2 Å². The number of aliphatic imine (C=N–C) groups is 1. The van der Waals surface area contributed by atoms with Crippen LogP contribution in [0.4, 0.5) is 22.0 Å². The Kier molecular flexibility index (Phi) is 8.55. The Balaban J connectivity index is 1.62. The fourth-order valence-electron chi connectivity index (χ4n) is 5.13. The topological polar surface area (TPSA) is 111 Å².